The summed E-state index contributed by atoms with van der Waals surface area (Å²) in [6.45, 7) is 2.05. The van der Waals surface area contributed by atoms with Crippen LogP contribution in [0.2, 0.25) is 0 Å². The number of aromatic nitrogens is 3. The molecule has 0 aromatic carbocycles. The molecular formula is C13H17N3O2S. The Hall–Kier alpha value is -1.43. The summed E-state index contributed by atoms with van der Waals surface area (Å²) < 4.78 is 24.7. The van der Waals surface area contributed by atoms with E-state index in [1.807, 2.05) is 13.2 Å². The summed E-state index contributed by atoms with van der Waals surface area (Å²) in [4.78, 5) is 4.67. The van der Waals surface area contributed by atoms with Gasteiger partial charge < -0.3 is 0 Å². The lowest BCUT2D eigenvalue weighted by Gasteiger charge is -2.21. The van der Waals surface area contributed by atoms with E-state index in [1.54, 1.807) is 4.68 Å². The van der Waals surface area contributed by atoms with Crippen LogP contribution in [-0.2, 0) is 16.9 Å². The van der Waals surface area contributed by atoms with Gasteiger partial charge in [-0.3, -0.25) is 4.68 Å². The van der Waals surface area contributed by atoms with Gasteiger partial charge in [0.15, 0.2) is 5.65 Å². The average molecular weight is 279 g/mol. The van der Waals surface area contributed by atoms with Crippen LogP contribution in [0.3, 0.4) is 0 Å². The lowest BCUT2D eigenvalue weighted by Crippen LogP contribution is -2.22. The van der Waals surface area contributed by atoms with Crippen LogP contribution < -0.4 is 0 Å². The molecule has 5 nitrogen and oxygen atoms in total. The molecule has 0 saturated carbocycles. The molecule has 3 rings (SSSR count). The Morgan fingerprint density at radius 3 is 2.68 bits per heavy atom. The van der Waals surface area contributed by atoms with Gasteiger partial charge in [-0.1, -0.05) is 0 Å². The quantitative estimate of drug-likeness (QED) is 0.795. The molecule has 0 atom stereocenters. The van der Waals surface area contributed by atoms with Crippen LogP contribution >= 0.6 is 0 Å². The van der Waals surface area contributed by atoms with Gasteiger partial charge in [0.25, 0.3) is 0 Å². The van der Waals surface area contributed by atoms with Crippen molar-refractivity contribution in [2.75, 3.05) is 11.5 Å². The SMILES string of the molecule is Cc1cc(C2CCS(=O)(=O)CC2)nc2c1cnn2C. The first-order valence-electron chi connectivity index (χ1n) is 6.46. The smallest absolute Gasteiger partial charge is 0.157 e. The molecule has 1 aliphatic heterocycles. The second-order valence-corrected chi connectivity index (χ2v) is 7.60. The van der Waals surface area contributed by atoms with Crippen LogP contribution in [-0.4, -0.2) is 34.7 Å². The predicted molar refractivity (Wildman–Crippen MR) is 73.9 cm³/mol. The number of nitrogens with zero attached hydrogens (tertiary/aromatic N) is 3. The highest BCUT2D eigenvalue weighted by Crippen LogP contribution is 2.30. The van der Waals surface area contributed by atoms with E-state index in [1.165, 1.54) is 0 Å². The summed E-state index contributed by atoms with van der Waals surface area (Å²) in [5.41, 5.74) is 3.04. The van der Waals surface area contributed by atoms with Gasteiger partial charge in [0.05, 0.1) is 17.7 Å². The number of rotatable bonds is 1. The zero-order valence-electron chi connectivity index (χ0n) is 11.1. The van der Waals surface area contributed by atoms with Crippen molar-refractivity contribution in [3.63, 3.8) is 0 Å². The second-order valence-electron chi connectivity index (χ2n) is 5.30. The van der Waals surface area contributed by atoms with Crippen molar-refractivity contribution in [2.45, 2.75) is 25.7 Å². The normalized spacial score (nSPS) is 19.9. The summed E-state index contributed by atoms with van der Waals surface area (Å²) in [5, 5.41) is 5.29. The van der Waals surface area contributed by atoms with Crippen LogP contribution in [0.4, 0.5) is 0 Å². The molecule has 6 heteroatoms. The Morgan fingerprint density at radius 1 is 1.32 bits per heavy atom. The predicted octanol–water partition coefficient (Wildman–Crippen LogP) is 1.57. The van der Waals surface area contributed by atoms with E-state index in [2.05, 4.69) is 23.1 Å². The monoisotopic (exact) mass is 279 g/mol. The highest BCUT2D eigenvalue weighted by Gasteiger charge is 2.26. The highest BCUT2D eigenvalue weighted by molar-refractivity contribution is 7.91. The number of hydrogen-bond donors (Lipinski definition) is 0. The zero-order valence-corrected chi connectivity index (χ0v) is 11.9. The molecule has 19 heavy (non-hydrogen) atoms. The standard InChI is InChI=1S/C13H17N3O2S/c1-9-7-12(10-3-5-19(17,18)6-4-10)15-13-11(9)8-14-16(13)2/h7-8,10H,3-6H2,1-2H3. The maximum Gasteiger partial charge on any atom is 0.157 e. The summed E-state index contributed by atoms with van der Waals surface area (Å²) in [5.74, 6) is 0.811. The molecule has 0 aliphatic carbocycles. The molecule has 0 radical (unpaired) electrons. The van der Waals surface area contributed by atoms with Crippen molar-refractivity contribution >= 4 is 20.9 Å². The molecule has 2 aromatic rings. The largest absolute Gasteiger partial charge is 0.250 e. The lowest BCUT2D eigenvalue weighted by molar-refractivity contribution is 0.544. The molecule has 3 heterocycles. The summed E-state index contributed by atoms with van der Waals surface area (Å²) in [7, 11) is -0.940. The van der Waals surface area contributed by atoms with E-state index >= 15 is 0 Å². The fourth-order valence-electron chi connectivity index (χ4n) is 2.69. The molecule has 102 valence electrons. The topological polar surface area (TPSA) is 64.8 Å². The Kier molecular flexibility index (Phi) is 2.85. The molecule has 0 N–H and O–H groups in total. The molecule has 1 fully saturated rings. The fraction of sp³-hybridized carbons (Fsp3) is 0.538. The van der Waals surface area contributed by atoms with Crippen molar-refractivity contribution < 1.29 is 8.42 Å². The van der Waals surface area contributed by atoms with Crippen molar-refractivity contribution in [3.05, 3.63) is 23.5 Å². The number of pyridine rings is 1. The Balaban J connectivity index is 1.99. The van der Waals surface area contributed by atoms with Gasteiger partial charge in [0.2, 0.25) is 0 Å². The first kappa shape index (κ1) is 12.6. The molecule has 2 aromatic heterocycles. The summed E-state index contributed by atoms with van der Waals surface area (Å²) in [6, 6.07) is 2.08. The van der Waals surface area contributed by atoms with Crippen LogP contribution in [0.5, 0.6) is 0 Å². The minimum Gasteiger partial charge on any atom is -0.250 e. The van der Waals surface area contributed by atoms with Gasteiger partial charge in [0, 0.05) is 24.0 Å². The Labute approximate surface area is 112 Å². The van der Waals surface area contributed by atoms with Crippen molar-refractivity contribution in [1.82, 2.24) is 14.8 Å². The Morgan fingerprint density at radius 2 is 2.00 bits per heavy atom. The van der Waals surface area contributed by atoms with E-state index in [4.69, 9.17) is 0 Å². The van der Waals surface area contributed by atoms with E-state index in [-0.39, 0.29) is 17.4 Å². The van der Waals surface area contributed by atoms with E-state index in [0.717, 1.165) is 22.3 Å². The maximum absolute atomic E-state index is 11.5. The third kappa shape index (κ3) is 2.25. The maximum atomic E-state index is 11.5. The van der Waals surface area contributed by atoms with Crippen LogP contribution in [0.1, 0.15) is 30.0 Å². The molecule has 1 aliphatic rings. The number of sulfone groups is 1. The summed E-state index contributed by atoms with van der Waals surface area (Å²) >= 11 is 0. The van der Waals surface area contributed by atoms with Gasteiger partial charge in [0.1, 0.15) is 9.84 Å². The van der Waals surface area contributed by atoms with Crippen LogP contribution in [0.25, 0.3) is 11.0 Å². The van der Waals surface area contributed by atoms with Gasteiger partial charge in [-0.2, -0.15) is 5.10 Å². The molecule has 0 bridgehead atoms. The van der Waals surface area contributed by atoms with Crippen LogP contribution in [0.15, 0.2) is 12.3 Å². The van der Waals surface area contributed by atoms with Crippen molar-refractivity contribution in [3.8, 4) is 0 Å². The van der Waals surface area contributed by atoms with Crippen molar-refractivity contribution in [1.29, 1.82) is 0 Å². The minimum absolute atomic E-state index is 0.251. The first-order valence-corrected chi connectivity index (χ1v) is 8.28. The number of aryl methyl sites for hydroxylation is 2. The number of fused-ring (bicyclic) bond motifs is 1. The second kappa shape index (κ2) is 4.30. The van der Waals surface area contributed by atoms with Gasteiger partial charge in [-0.25, -0.2) is 13.4 Å². The van der Waals surface area contributed by atoms with E-state index in [9.17, 15) is 8.42 Å². The van der Waals surface area contributed by atoms with E-state index < -0.39 is 9.84 Å². The third-order valence-electron chi connectivity index (χ3n) is 3.90. The van der Waals surface area contributed by atoms with E-state index in [0.29, 0.717) is 12.8 Å². The molecule has 0 unspecified atom stereocenters. The third-order valence-corrected chi connectivity index (χ3v) is 5.62. The zero-order chi connectivity index (χ0) is 13.6. The molecule has 1 saturated heterocycles. The molecule has 0 spiro atoms. The minimum atomic E-state index is -2.82. The number of hydrogen-bond acceptors (Lipinski definition) is 4. The fourth-order valence-corrected chi connectivity index (χ4v) is 4.18. The van der Waals surface area contributed by atoms with Crippen LogP contribution in [0, 0.1) is 6.92 Å². The first-order chi connectivity index (χ1) is 8.96. The summed E-state index contributed by atoms with van der Waals surface area (Å²) in [6.07, 6.45) is 3.18. The lowest BCUT2D eigenvalue weighted by atomic mass is 9.97. The highest BCUT2D eigenvalue weighted by atomic mass is 32.2. The Bertz CT molecular complexity index is 720. The van der Waals surface area contributed by atoms with Crippen molar-refractivity contribution in [2.24, 2.45) is 7.05 Å². The van der Waals surface area contributed by atoms with Gasteiger partial charge in [-0.05, 0) is 31.4 Å². The van der Waals surface area contributed by atoms with Gasteiger partial charge >= 0.3 is 0 Å². The average Bonchev–Trinajstić information content (AvgIpc) is 2.72. The molecule has 0 amide bonds. The van der Waals surface area contributed by atoms with Gasteiger partial charge in [-0.15, -0.1) is 0 Å². The molecular weight excluding hydrogens is 262 g/mol.